The third kappa shape index (κ3) is 7.32. The second-order valence-electron chi connectivity index (χ2n) is 7.42. The molecule has 2 rings (SSSR count). The first-order valence-electron chi connectivity index (χ1n) is 9.54. The summed E-state index contributed by atoms with van der Waals surface area (Å²) in [5.41, 5.74) is 0.406. The lowest BCUT2D eigenvalue weighted by Crippen LogP contribution is -2.14. The summed E-state index contributed by atoms with van der Waals surface area (Å²) < 4.78 is 10.8. The zero-order valence-electron chi connectivity index (χ0n) is 15.5. The Morgan fingerprint density at radius 2 is 2.04 bits per heavy atom. The second-order valence-corrected chi connectivity index (χ2v) is 7.42. The Labute approximate surface area is 150 Å². The maximum absolute atomic E-state index is 12.0. The van der Waals surface area contributed by atoms with E-state index in [9.17, 15) is 9.59 Å². The van der Waals surface area contributed by atoms with Gasteiger partial charge < -0.3 is 14.5 Å². The summed E-state index contributed by atoms with van der Waals surface area (Å²) >= 11 is 0. The summed E-state index contributed by atoms with van der Waals surface area (Å²) in [7, 11) is 0. The van der Waals surface area contributed by atoms with Crippen molar-refractivity contribution in [3.8, 4) is 5.75 Å². The second kappa shape index (κ2) is 10.3. The van der Waals surface area contributed by atoms with Gasteiger partial charge in [0.2, 0.25) is 5.43 Å². The van der Waals surface area contributed by atoms with Crippen molar-refractivity contribution < 1.29 is 14.3 Å². The van der Waals surface area contributed by atoms with Crippen LogP contribution in [-0.4, -0.2) is 17.6 Å². The lowest BCUT2D eigenvalue weighted by molar-refractivity contribution is -0.145. The van der Waals surface area contributed by atoms with Crippen LogP contribution in [0.3, 0.4) is 0 Å². The van der Waals surface area contributed by atoms with E-state index >= 15 is 0 Å². The lowest BCUT2D eigenvalue weighted by Gasteiger charge is -2.20. The number of H-pyrrole nitrogens is 1. The summed E-state index contributed by atoms with van der Waals surface area (Å²) in [5.74, 6) is 1.33. The topological polar surface area (TPSA) is 68.4 Å². The molecule has 25 heavy (non-hydrogen) atoms. The van der Waals surface area contributed by atoms with Gasteiger partial charge in [-0.15, -0.1) is 0 Å². The standard InChI is InChI=1S/C20H31NO4/c1-15(2)10-11-24-19-13-21-17(12-18(19)22)14-25-20(23)9-8-16-6-4-3-5-7-16/h12-13,15-16H,3-11,14H2,1-2H3,(H,21,22). The van der Waals surface area contributed by atoms with E-state index in [-0.39, 0.29) is 18.0 Å². The van der Waals surface area contributed by atoms with Crippen LogP contribution in [0.5, 0.6) is 5.75 Å². The number of carbonyl (C=O) groups is 1. The molecule has 0 aromatic carbocycles. The van der Waals surface area contributed by atoms with Crippen molar-refractivity contribution >= 4 is 5.97 Å². The number of nitrogens with one attached hydrogen (secondary N) is 1. The van der Waals surface area contributed by atoms with Gasteiger partial charge >= 0.3 is 5.97 Å². The fourth-order valence-electron chi connectivity index (χ4n) is 3.13. The average molecular weight is 349 g/mol. The van der Waals surface area contributed by atoms with Gasteiger partial charge in [0.05, 0.1) is 12.3 Å². The third-order valence-corrected chi connectivity index (χ3v) is 4.76. The predicted octanol–water partition coefficient (Wildman–Crippen LogP) is 4.20. The molecule has 1 N–H and O–H groups in total. The Morgan fingerprint density at radius 3 is 2.72 bits per heavy atom. The molecule has 1 saturated carbocycles. The number of carbonyl (C=O) groups excluding carboxylic acids is 1. The van der Waals surface area contributed by atoms with Crippen molar-refractivity contribution in [2.24, 2.45) is 11.8 Å². The van der Waals surface area contributed by atoms with Crippen molar-refractivity contribution in [2.45, 2.75) is 71.8 Å². The summed E-state index contributed by atoms with van der Waals surface area (Å²) in [6.45, 7) is 4.85. The molecule has 140 valence electrons. The number of pyridine rings is 1. The van der Waals surface area contributed by atoms with Crippen molar-refractivity contribution in [1.82, 2.24) is 4.98 Å². The quantitative estimate of drug-likeness (QED) is 0.678. The molecule has 0 amide bonds. The molecule has 1 fully saturated rings. The van der Waals surface area contributed by atoms with Gasteiger partial charge in [0.1, 0.15) is 6.61 Å². The number of hydrogen-bond donors (Lipinski definition) is 1. The minimum absolute atomic E-state index is 0.102. The van der Waals surface area contributed by atoms with Crippen molar-refractivity contribution in [3.63, 3.8) is 0 Å². The summed E-state index contributed by atoms with van der Waals surface area (Å²) in [5, 5.41) is 0. The lowest BCUT2D eigenvalue weighted by atomic mass is 9.86. The Morgan fingerprint density at radius 1 is 1.28 bits per heavy atom. The first kappa shape index (κ1) is 19.5. The smallest absolute Gasteiger partial charge is 0.306 e. The highest BCUT2D eigenvalue weighted by atomic mass is 16.5. The van der Waals surface area contributed by atoms with Crippen LogP contribution in [0.2, 0.25) is 0 Å². The maximum Gasteiger partial charge on any atom is 0.306 e. The minimum atomic E-state index is -0.191. The first-order chi connectivity index (χ1) is 12.0. The minimum Gasteiger partial charge on any atom is -0.488 e. The number of aromatic amines is 1. The largest absolute Gasteiger partial charge is 0.488 e. The van der Waals surface area contributed by atoms with Crippen LogP contribution in [0.15, 0.2) is 17.1 Å². The van der Waals surface area contributed by atoms with Gasteiger partial charge in [-0.05, 0) is 24.7 Å². The molecule has 1 aliphatic rings. The van der Waals surface area contributed by atoms with Gasteiger partial charge in [0.15, 0.2) is 5.75 Å². The van der Waals surface area contributed by atoms with Gasteiger partial charge in [-0.2, -0.15) is 0 Å². The van der Waals surface area contributed by atoms with E-state index in [0.717, 1.165) is 12.8 Å². The number of ether oxygens (including phenoxy) is 2. The van der Waals surface area contributed by atoms with E-state index in [4.69, 9.17) is 9.47 Å². The highest BCUT2D eigenvalue weighted by molar-refractivity contribution is 5.69. The number of hydrogen-bond acceptors (Lipinski definition) is 4. The van der Waals surface area contributed by atoms with Gasteiger partial charge in [-0.1, -0.05) is 46.0 Å². The van der Waals surface area contributed by atoms with Gasteiger partial charge in [-0.25, -0.2) is 0 Å². The highest BCUT2D eigenvalue weighted by Gasteiger charge is 2.15. The van der Waals surface area contributed by atoms with E-state index in [1.807, 2.05) is 0 Å². The molecule has 0 bridgehead atoms. The Balaban J connectivity index is 1.71. The van der Waals surface area contributed by atoms with E-state index < -0.39 is 0 Å². The summed E-state index contributed by atoms with van der Waals surface area (Å²) in [6.07, 6.45) is 10.2. The SMILES string of the molecule is CC(C)CCOc1c[nH]c(COC(=O)CCC2CCCCC2)cc1=O. The highest BCUT2D eigenvalue weighted by Crippen LogP contribution is 2.27. The van der Waals surface area contributed by atoms with Crippen LogP contribution in [0, 0.1) is 11.8 Å². The van der Waals surface area contributed by atoms with Crippen LogP contribution < -0.4 is 10.2 Å². The Kier molecular flexibility index (Phi) is 8.02. The van der Waals surface area contributed by atoms with Crippen LogP contribution >= 0.6 is 0 Å². The van der Waals surface area contributed by atoms with Gasteiger partial charge in [0.25, 0.3) is 0 Å². The van der Waals surface area contributed by atoms with E-state index in [2.05, 4.69) is 18.8 Å². The molecular formula is C20H31NO4. The molecule has 1 aromatic heterocycles. The summed E-state index contributed by atoms with van der Waals surface area (Å²) in [4.78, 5) is 26.9. The van der Waals surface area contributed by atoms with Gasteiger partial charge in [-0.3, -0.25) is 9.59 Å². The average Bonchev–Trinajstić information content (AvgIpc) is 2.60. The zero-order chi connectivity index (χ0) is 18.1. The maximum atomic E-state index is 12.0. The summed E-state index contributed by atoms with van der Waals surface area (Å²) in [6, 6.07) is 1.44. The first-order valence-corrected chi connectivity index (χ1v) is 9.54. The van der Waals surface area contributed by atoms with E-state index in [0.29, 0.717) is 36.3 Å². The van der Waals surface area contributed by atoms with E-state index in [1.165, 1.54) is 38.2 Å². The molecule has 0 spiro atoms. The number of esters is 1. The molecule has 1 heterocycles. The molecule has 5 nitrogen and oxygen atoms in total. The van der Waals surface area contributed by atoms with Crippen LogP contribution in [0.25, 0.3) is 0 Å². The zero-order valence-corrected chi connectivity index (χ0v) is 15.5. The molecular weight excluding hydrogens is 318 g/mol. The molecule has 1 aromatic rings. The fraction of sp³-hybridized carbons (Fsp3) is 0.700. The Hall–Kier alpha value is -1.78. The predicted molar refractivity (Wildman–Crippen MR) is 97.6 cm³/mol. The number of rotatable bonds is 9. The monoisotopic (exact) mass is 349 g/mol. The Bertz CT molecular complexity index is 588. The molecule has 0 radical (unpaired) electrons. The van der Waals surface area contributed by atoms with Crippen LogP contribution in [0.4, 0.5) is 0 Å². The fourth-order valence-corrected chi connectivity index (χ4v) is 3.13. The molecule has 0 aliphatic heterocycles. The molecule has 0 unspecified atom stereocenters. The van der Waals surface area contributed by atoms with Crippen molar-refractivity contribution in [1.29, 1.82) is 0 Å². The molecule has 0 saturated heterocycles. The van der Waals surface area contributed by atoms with Crippen LogP contribution in [-0.2, 0) is 16.1 Å². The molecule has 1 aliphatic carbocycles. The van der Waals surface area contributed by atoms with Crippen molar-refractivity contribution in [2.75, 3.05) is 6.61 Å². The third-order valence-electron chi connectivity index (χ3n) is 4.76. The van der Waals surface area contributed by atoms with Gasteiger partial charge in [0, 0.05) is 18.7 Å². The molecule has 5 heteroatoms. The van der Waals surface area contributed by atoms with Crippen molar-refractivity contribution in [3.05, 3.63) is 28.2 Å². The molecule has 0 atom stereocenters. The van der Waals surface area contributed by atoms with Crippen LogP contribution in [0.1, 0.15) is 70.9 Å². The van der Waals surface area contributed by atoms with E-state index in [1.54, 1.807) is 6.20 Å². The number of aromatic nitrogens is 1. The normalized spacial score (nSPS) is 15.3.